The molecule has 0 aliphatic carbocycles. The fourth-order valence-electron chi connectivity index (χ4n) is 5.20. The van der Waals surface area contributed by atoms with Gasteiger partial charge in [-0.1, -0.05) is 78.9 Å². The Balaban J connectivity index is 1.56. The van der Waals surface area contributed by atoms with E-state index < -0.39 is 7.26 Å². The molecule has 4 heteroatoms. The zero-order valence-corrected chi connectivity index (χ0v) is 23.3. The zero-order chi connectivity index (χ0) is 27.1. The lowest BCUT2D eigenvalue weighted by Gasteiger charge is -2.28. The van der Waals surface area contributed by atoms with Crippen molar-refractivity contribution in [3.05, 3.63) is 151 Å². The van der Waals surface area contributed by atoms with E-state index in [1.165, 1.54) is 21.5 Å². The molecule has 0 saturated carbocycles. The molecule has 5 rings (SSSR count). The van der Waals surface area contributed by atoms with Crippen LogP contribution in [-0.4, -0.2) is 13.0 Å². The lowest BCUT2D eigenvalue weighted by Crippen LogP contribution is -2.32. The summed E-state index contributed by atoms with van der Waals surface area (Å²) in [6.45, 7) is 2.12. The number of ether oxygens (including phenoxy) is 1. The van der Waals surface area contributed by atoms with Crippen LogP contribution in [0.1, 0.15) is 18.1 Å². The van der Waals surface area contributed by atoms with Gasteiger partial charge in [0.15, 0.2) is 0 Å². The number of hydrogen-bond acceptors (Lipinski definition) is 2. The standard InChI is InChI=1S/C35H33NO2P/c1-28(37)36(31-21-23-32(38-2)24-22-31)26-29-13-12-14-30(25-29)27-39(33-15-6-3-7-16-33,34-17-8-4-9-18-34)35-19-10-5-11-20-35/h3-25H,26-27H2,1-2H3/q+1. The fourth-order valence-corrected chi connectivity index (χ4v) is 9.43. The van der Waals surface area contributed by atoms with E-state index in [0.717, 1.165) is 23.2 Å². The molecule has 5 aromatic rings. The van der Waals surface area contributed by atoms with Gasteiger partial charge in [0.1, 0.15) is 28.9 Å². The van der Waals surface area contributed by atoms with Crippen LogP contribution in [0.3, 0.4) is 0 Å². The molecule has 194 valence electrons. The van der Waals surface area contributed by atoms with E-state index in [2.05, 4.69) is 115 Å². The molecule has 39 heavy (non-hydrogen) atoms. The lowest BCUT2D eigenvalue weighted by molar-refractivity contribution is -0.116. The van der Waals surface area contributed by atoms with E-state index in [0.29, 0.717) is 6.54 Å². The molecule has 0 aliphatic rings. The summed E-state index contributed by atoms with van der Waals surface area (Å²) in [4.78, 5) is 14.5. The largest absolute Gasteiger partial charge is 0.497 e. The SMILES string of the molecule is COc1ccc(N(Cc2cccc(C[P+](c3ccccc3)(c3ccccc3)c3ccccc3)c2)C(C)=O)cc1. The van der Waals surface area contributed by atoms with Gasteiger partial charge in [-0.3, -0.25) is 4.79 Å². The molecule has 1 amide bonds. The number of rotatable bonds is 9. The summed E-state index contributed by atoms with van der Waals surface area (Å²) in [7, 11) is -0.365. The van der Waals surface area contributed by atoms with Gasteiger partial charge in [-0.15, -0.1) is 0 Å². The number of amides is 1. The zero-order valence-electron chi connectivity index (χ0n) is 22.4. The minimum atomic E-state index is -2.01. The Morgan fingerprint density at radius 3 is 1.59 bits per heavy atom. The first-order valence-corrected chi connectivity index (χ1v) is 15.1. The van der Waals surface area contributed by atoms with Gasteiger partial charge in [0.2, 0.25) is 5.91 Å². The van der Waals surface area contributed by atoms with Crippen molar-refractivity contribution in [3.8, 4) is 5.75 Å². The van der Waals surface area contributed by atoms with Gasteiger partial charge < -0.3 is 9.64 Å². The maximum absolute atomic E-state index is 12.7. The Hall–Kier alpha value is -4.20. The molecule has 0 heterocycles. The van der Waals surface area contributed by atoms with Crippen LogP contribution < -0.4 is 25.6 Å². The molecule has 3 nitrogen and oxygen atoms in total. The molecule has 0 unspecified atom stereocenters. The normalized spacial score (nSPS) is 11.1. The van der Waals surface area contributed by atoms with E-state index in [-0.39, 0.29) is 5.91 Å². The second-order valence-electron chi connectivity index (χ2n) is 9.60. The number of methoxy groups -OCH3 is 1. The number of anilines is 1. The second-order valence-corrected chi connectivity index (χ2v) is 13.1. The molecular weight excluding hydrogens is 497 g/mol. The molecular formula is C35H33NO2P+. The fraction of sp³-hybridized carbons (Fsp3) is 0.114. The molecule has 0 radical (unpaired) electrons. The van der Waals surface area contributed by atoms with Crippen LogP contribution >= 0.6 is 7.26 Å². The van der Waals surface area contributed by atoms with Crippen molar-refractivity contribution < 1.29 is 9.53 Å². The van der Waals surface area contributed by atoms with E-state index in [1.54, 1.807) is 14.0 Å². The van der Waals surface area contributed by atoms with Gasteiger partial charge in [-0.2, -0.15) is 0 Å². The summed E-state index contributed by atoms with van der Waals surface area (Å²) in [5.41, 5.74) is 3.22. The lowest BCUT2D eigenvalue weighted by atomic mass is 10.1. The quantitative estimate of drug-likeness (QED) is 0.198. The summed E-state index contributed by atoms with van der Waals surface area (Å²) in [5.74, 6) is 0.776. The third kappa shape index (κ3) is 5.79. The number of benzene rings is 5. The predicted octanol–water partition coefficient (Wildman–Crippen LogP) is 6.74. The van der Waals surface area contributed by atoms with Crippen LogP contribution in [0, 0.1) is 0 Å². The van der Waals surface area contributed by atoms with Gasteiger partial charge in [-0.05, 0) is 71.8 Å². The minimum Gasteiger partial charge on any atom is -0.497 e. The maximum Gasteiger partial charge on any atom is 0.224 e. The average Bonchev–Trinajstić information content (AvgIpc) is 3.00. The summed E-state index contributed by atoms with van der Waals surface area (Å²) < 4.78 is 5.30. The maximum atomic E-state index is 12.7. The van der Waals surface area contributed by atoms with Crippen molar-refractivity contribution in [3.63, 3.8) is 0 Å². The first-order chi connectivity index (χ1) is 19.1. The highest BCUT2D eigenvalue weighted by atomic mass is 31.2. The Bertz CT molecular complexity index is 1410. The second kappa shape index (κ2) is 12.1. The molecule has 5 aromatic carbocycles. The monoisotopic (exact) mass is 530 g/mol. The topological polar surface area (TPSA) is 29.5 Å². The molecule has 0 atom stereocenters. The summed E-state index contributed by atoms with van der Waals surface area (Å²) in [5, 5.41) is 4.07. The van der Waals surface area contributed by atoms with E-state index >= 15 is 0 Å². The van der Waals surface area contributed by atoms with Gasteiger partial charge in [0, 0.05) is 12.6 Å². The Labute approximate surface area is 232 Å². The smallest absolute Gasteiger partial charge is 0.224 e. The van der Waals surface area contributed by atoms with Crippen LogP contribution in [0.25, 0.3) is 0 Å². The number of carbonyl (C=O) groups is 1. The van der Waals surface area contributed by atoms with Crippen molar-refractivity contribution in [2.75, 3.05) is 12.0 Å². The highest BCUT2D eigenvalue weighted by Gasteiger charge is 2.45. The van der Waals surface area contributed by atoms with Crippen LogP contribution in [0.15, 0.2) is 140 Å². The number of carbonyl (C=O) groups excluding carboxylic acids is 1. The molecule has 0 fully saturated rings. The molecule has 0 saturated heterocycles. The van der Waals surface area contributed by atoms with E-state index in [4.69, 9.17) is 4.74 Å². The molecule has 0 spiro atoms. The van der Waals surface area contributed by atoms with Crippen molar-refractivity contribution in [2.24, 2.45) is 0 Å². The molecule has 0 bridgehead atoms. The summed E-state index contributed by atoms with van der Waals surface area (Å²) in [6.07, 6.45) is 0.890. The third-order valence-electron chi connectivity index (χ3n) is 7.11. The van der Waals surface area contributed by atoms with Gasteiger partial charge >= 0.3 is 0 Å². The van der Waals surface area contributed by atoms with E-state index in [9.17, 15) is 4.79 Å². The first-order valence-electron chi connectivity index (χ1n) is 13.1. The molecule has 0 N–H and O–H groups in total. The summed E-state index contributed by atoms with van der Waals surface area (Å²) >= 11 is 0. The average molecular weight is 531 g/mol. The Morgan fingerprint density at radius 1 is 0.641 bits per heavy atom. The van der Waals surface area contributed by atoms with Gasteiger partial charge in [-0.25, -0.2) is 0 Å². The Morgan fingerprint density at radius 2 is 1.13 bits per heavy atom. The van der Waals surface area contributed by atoms with Crippen LogP contribution in [-0.2, 0) is 17.5 Å². The van der Waals surface area contributed by atoms with Crippen LogP contribution in [0.4, 0.5) is 5.69 Å². The van der Waals surface area contributed by atoms with Crippen molar-refractivity contribution in [1.29, 1.82) is 0 Å². The van der Waals surface area contributed by atoms with Gasteiger partial charge in [0.25, 0.3) is 0 Å². The minimum absolute atomic E-state index is 0.00488. The number of hydrogen-bond donors (Lipinski definition) is 0. The predicted molar refractivity (Wildman–Crippen MR) is 165 cm³/mol. The Kier molecular flexibility index (Phi) is 8.20. The van der Waals surface area contributed by atoms with E-state index in [1.807, 2.05) is 29.2 Å². The summed E-state index contributed by atoms with van der Waals surface area (Å²) in [6, 6.07) is 49.1. The third-order valence-corrected chi connectivity index (χ3v) is 11.5. The van der Waals surface area contributed by atoms with Crippen molar-refractivity contribution >= 4 is 34.8 Å². The van der Waals surface area contributed by atoms with Crippen molar-refractivity contribution in [1.82, 2.24) is 0 Å². The highest BCUT2D eigenvalue weighted by molar-refractivity contribution is 7.95. The van der Waals surface area contributed by atoms with Crippen LogP contribution in [0.5, 0.6) is 5.75 Å². The van der Waals surface area contributed by atoms with Gasteiger partial charge in [0.05, 0.1) is 19.8 Å². The van der Waals surface area contributed by atoms with Crippen LogP contribution in [0.2, 0.25) is 0 Å². The first kappa shape index (κ1) is 26.4. The number of nitrogens with zero attached hydrogens (tertiary/aromatic N) is 1. The van der Waals surface area contributed by atoms with Crippen molar-refractivity contribution in [2.45, 2.75) is 19.6 Å². The molecule has 0 aromatic heterocycles. The molecule has 0 aliphatic heterocycles. The highest BCUT2D eigenvalue weighted by Crippen LogP contribution is 2.58.